The molecular formula is C40H78NO9P. The minimum atomic E-state index is -4.61. The molecular weight excluding hydrogens is 669 g/mol. The molecule has 302 valence electrons. The number of carboxylic acid groups (broad SMARTS) is 1. The lowest BCUT2D eigenvalue weighted by molar-refractivity contribution is -0.154. The molecule has 0 aliphatic heterocycles. The van der Waals surface area contributed by atoms with Gasteiger partial charge in [0.05, 0.1) is 19.8 Å². The standard InChI is InChI=1S/C40H78NO9P/c1-3-5-7-9-11-13-15-16-17-18-19-20-21-23-25-27-29-31-33-47-34-37(35-48-51(45,46)49-36-38(41)40(43)44)50-39(42)32-30-28-26-24-22-14-12-10-8-6-4-2/h10,12,37-38H,3-9,11,13-36,41H2,1-2H3,(H,43,44)(H,45,46)/b12-10-. The summed E-state index contributed by atoms with van der Waals surface area (Å²) in [7, 11) is -4.61. The van der Waals surface area contributed by atoms with E-state index < -0.39 is 45.1 Å². The highest BCUT2D eigenvalue weighted by molar-refractivity contribution is 7.47. The lowest BCUT2D eigenvalue weighted by Gasteiger charge is -2.20. The number of hydrogen-bond acceptors (Lipinski definition) is 8. The van der Waals surface area contributed by atoms with Crippen molar-refractivity contribution in [3.05, 3.63) is 12.2 Å². The zero-order valence-corrected chi connectivity index (χ0v) is 33.6. The Bertz CT molecular complexity index is 873. The lowest BCUT2D eigenvalue weighted by atomic mass is 10.0. The Kier molecular flexibility index (Phi) is 36.1. The summed E-state index contributed by atoms with van der Waals surface area (Å²) in [6.07, 6.45) is 37.0. The molecule has 3 unspecified atom stereocenters. The molecule has 0 radical (unpaired) electrons. The number of nitrogens with two attached hydrogens (primary N) is 1. The molecule has 0 aliphatic carbocycles. The van der Waals surface area contributed by atoms with E-state index in [9.17, 15) is 19.0 Å². The zero-order valence-electron chi connectivity index (χ0n) is 32.7. The Morgan fingerprint density at radius 3 is 1.55 bits per heavy atom. The van der Waals surface area contributed by atoms with Gasteiger partial charge in [-0.2, -0.15) is 0 Å². The van der Waals surface area contributed by atoms with Crippen LogP contribution in [0.4, 0.5) is 0 Å². The first-order valence-electron chi connectivity index (χ1n) is 20.7. The number of unbranched alkanes of at least 4 members (excludes halogenated alkanes) is 24. The maximum absolute atomic E-state index is 12.6. The molecule has 0 bridgehead atoms. The van der Waals surface area contributed by atoms with Crippen molar-refractivity contribution in [3.63, 3.8) is 0 Å². The van der Waals surface area contributed by atoms with E-state index in [0.717, 1.165) is 57.8 Å². The zero-order chi connectivity index (χ0) is 37.7. The summed E-state index contributed by atoms with van der Waals surface area (Å²) in [6.45, 7) is 3.85. The number of ether oxygens (including phenoxy) is 2. The van der Waals surface area contributed by atoms with Gasteiger partial charge < -0.3 is 25.2 Å². The van der Waals surface area contributed by atoms with Crippen molar-refractivity contribution in [2.24, 2.45) is 5.73 Å². The van der Waals surface area contributed by atoms with Crippen LogP contribution in [0.3, 0.4) is 0 Å². The van der Waals surface area contributed by atoms with Crippen LogP contribution in [-0.2, 0) is 32.7 Å². The summed E-state index contributed by atoms with van der Waals surface area (Å²) < 4.78 is 33.3. The molecule has 0 aromatic carbocycles. The van der Waals surface area contributed by atoms with Crippen LogP contribution in [-0.4, -0.2) is 60.5 Å². The Balaban J connectivity index is 4.18. The number of hydrogen-bond donors (Lipinski definition) is 3. The normalized spacial score (nSPS) is 14.1. The average Bonchev–Trinajstić information content (AvgIpc) is 3.10. The predicted molar refractivity (Wildman–Crippen MR) is 208 cm³/mol. The quantitative estimate of drug-likeness (QED) is 0.0239. The number of phosphoric ester groups is 1. The number of phosphoric acid groups is 1. The van der Waals surface area contributed by atoms with E-state index in [1.165, 1.54) is 109 Å². The summed E-state index contributed by atoms with van der Waals surface area (Å²) in [5.41, 5.74) is 5.34. The molecule has 0 heterocycles. The average molecular weight is 748 g/mol. The number of allylic oxidation sites excluding steroid dienone is 2. The highest BCUT2D eigenvalue weighted by Gasteiger charge is 2.27. The summed E-state index contributed by atoms with van der Waals surface area (Å²) in [6, 6.07) is -1.47. The molecule has 11 heteroatoms. The van der Waals surface area contributed by atoms with Crippen molar-refractivity contribution in [1.29, 1.82) is 0 Å². The van der Waals surface area contributed by atoms with Crippen LogP contribution in [0.5, 0.6) is 0 Å². The van der Waals surface area contributed by atoms with Crippen molar-refractivity contribution in [2.75, 3.05) is 26.4 Å². The van der Waals surface area contributed by atoms with Crippen molar-refractivity contribution in [1.82, 2.24) is 0 Å². The van der Waals surface area contributed by atoms with Gasteiger partial charge in [-0.3, -0.25) is 18.6 Å². The van der Waals surface area contributed by atoms with Crippen LogP contribution in [0.2, 0.25) is 0 Å². The minimum Gasteiger partial charge on any atom is -0.480 e. The fourth-order valence-corrected chi connectivity index (χ4v) is 6.54. The van der Waals surface area contributed by atoms with Gasteiger partial charge in [0.1, 0.15) is 12.1 Å². The summed E-state index contributed by atoms with van der Waals surface area (Å²) in [5.74, 6) is -1.78. The number of carbonyl (C=O) groups excluding carboxylic acids is 1. The van der Waals surface area contributed by atoms with Crippen LogP contribution in [0.1, 0.15) is 194 Å². The van der Waals surface area contributed by atoms with E-state index in [2.05, 4.69) is 26.0 Å². The lowest BCUT2D eigenvalue weighted by Crippen LogP contribution is -2.34. The number of esters is 1. The largest absolute Gasteiger partial charge is 0.480 e. The van der Waals surface area contributed by atoms with Gasteiger partial charge in [-0.1, -0.05) is 167 Å². The Hall–Kier alpha value is -1.29. The Morgan fingerprint density at radius 2 is 1.04 bits per heavy atom. The highest BCUT2D eigenvalue weighted by atomic mass is 31.2. The van der Waals surface area contributed by atoms with Gasteiger partial charge in [-0.15, -0.1) is 0 Å². The van der Waals surface area contributed by atoms with Crippen LogP contribution in [0.25, 0.3) is 0 Å². The Labute approximate surface area is 312 Å². The number of carbonyl (C=O) groups is 2. The van der Waals surface area contributed by atoms with Gasteiger partial charge in [-0.25, -0.2) is 4.57 Å². The van der Waals surface area contributed by atoms with Gasteiger partial charge in [-0.05, 0) is 32.1 Å². The van der Waals surface area contributed by atoms with E-state index >= 15 is 0 Å². The van der Waals surface area contributed by atoms with Crippen LogP contribution in [0.15, 0.2) is 12.2 Å². The SMILES string of the molecule is CCCC/C=C\CCCCCCCC(=O)OC(COCCCCCCCCCCCCCCCCCCCC)COP(=O)(O)OCC(N)C(=O)O. The first-order valence-corrected chi connectivity index (χ1v) is 22.2. The van der Waals surface area contributed by atoms with E-state index in [4.69, 9.17) is 29.4 Å². The van der Waals surface area contributed by atoms with Gasteiger partial charge in [0.2, 0.25) is 0 Å². The van der Waals surface area contributed by atoms with Gasteiger partial charge in [0.25, 0.3) is 0 Å². The molecule has 0 spiro atoms. The second kappa shape index (κ2) is 37.0. The molecule has 51 heavy (non-hydrogen) atoms. The smallest absolute Gasteiger partial charge is 0.472 e. The third kappa shape index (κ3) is 36.8. The monoisotopic (exact) mass is 748 g/mol. The number of aliphatic carboxylic acids is 1. The van der Waals surface area contributed by atoms with Gasteiger partial charge in [0.15, 0.2) is 0 Å². The van der Waals surface area contributed by atoms with Crippen molar-refractivity contribution in [3.8, 4) is 0 Å². The molecule has 0 rings (SSSR count). The summed E-state index contributed by atoms with van der Waals surface area (Å²) >= 11 is 0. The third-order valence-electron chi connectivity index (χ3n) is 9.04. The number of carboxylic acids is 1. The second-order valence-electron chi connectivity index (χ2n) is 14.1. The first kappa shape index (κ1) is 49.7. The first-order chi connectivity index (χ1) is 24.7. The van der Waals surface area contributed by atoms with E-state index in [-0.39, 0.29) is 13.0 Å². The molecule has 0 saturated carbocycles. The van der Waals surface area contributed by atoms with Gasteiger partial charge in [0, 0.05) is 13.0 Å². The van der Waals surface area contributed by atoms with Gasteiger partial charge >= 0.3 is 19.8 Å². The molecule has 4 N–H and O–H groups in total. The summed E-state index contributed by atoms with van der Waals surface area (Å²) in [5, 5.41) is 8.87. The third-order valence-corrected chi connectivity index (χ3v) is 10.00. The van der Waals surface area contributed by atoms with Crippen molar-refractivity contribution >= 4 is 19.8 Å². The molecule has 0 aromatic rings. The van der Waals surface area contributed by atoms with Crippen LogP contribution >= 0.6 is 7.82 Å². The molecule has 3 atom stereocenters. The van der Waals surface area contributed by atoms with E-state index in [1.54, 1.807) is 0 Å². The fourth-order valence-electron chi connectivity index (χ4n) is 5.76. The van der Waals surface area contributed by atoms with Crippen LogP contribution in [0, 0.1) is 0 Å². The topological polar surface area (TPSA) is 155 Å². The molecule has 0 aliphatic rings. The predicted octanol–water partition coefficient (Wildman–Crippen LogP) is 11.0. The molecule has 10 nitrogen and oxygen atoms in total. The fraction of sp³-hybridized carbons (Fsp3) is 0.900. The maximum Gasteiger partial charge on any atom is 0.472 e. The van der Waals surface area contributed by atoms with E-state index in [1.807, 2.05) is 0 Å². The van der Waals surface area contributed by atoms with Crippen molar-refractivity contribution < 1.29 is 42.7 Å². The maximum atomic E-state index is 12.6. The number of rotatable bonds is 40. The van der Waals surface area contributed by atoms with E-state index in [0.29, 0.717) is 13.0 Å². The Morgan fingerprint density at radius 1 is 0.608 bits per heavy atom. The molecule has 0 amide bonds. The van der Waals surface area contributed by atoms with Crippen molar-refractivity contribution in [2.45, 2.75) is 206 Å². The second-order valence-corrected chi connectivity index (χ2v) is 15.6. The molecule has 0 aromatic heterocycles. The molecule has 0 saturated heterocycles. The summed E-state index contributed by atoms with van der Waals surface area (Å²) in [4.78, 5) is 33.4. The highest BCUT2D eigenvalue weighted by Crippen LogP contribution is 2.43. The van der Waals surface area contributed by atoms with Crippen LogP contribution < -0.4 is 5.73 Å². The minimum absolute atomic E-state index is 0.0190. The molecule has 0 fully saturated rings.